The predicted octanol–water partition coefficient (Wildman–Crippen LogP) is 23.6. The SMILES string of the molecule is CCCCCCCCCCCCCCCCc1cc(-c2cc(CCCCCCCCCCCCCCCC)[c]([Sn]([CH2]CCC)([CH2]CCC)[CH2]CCC)s2)s[c]1[Sn]([CH2]CCC)([CH2]CCC)[CH2]CCC. The molecular formula is C64H122S2Sn2. The predicted molar refractivity (Wildman–Crippen MR) is 325 cm³/mol. The van der Waals surface area contributed by atoms with Gasteiger partial charge in [-0.05, 0) is 0 Å². The number of hydrogen-bond acceptors (Lipinski definition) is 2. The minimum absolute atomic E-state index is 1.36. The molecule has 398 valence electrons. The Morgan fingerprint density at radius 2 is 0.441 bits per heavy atom. The molecule has 0 radical (unpaired) electrons. The zero-order chi connectivity index (χ0) is 49.2. The van der Waals surface area contributed by atoms with Crippen molar-refractivity contribution < 1.29 is 0 Å². The van der Waals surface area contributed by atoms with Gasteiger partial charge in [0.05, 0.1) is 0 Å². The van der Waals surface area contributed by atoms with Crippen LogP contribution in [-0.4, -0.2) is 36.8 Å². The monoisotopic (exact) mass is 1190 g/mol. The fourth-order valence-corrected chi connectivity index (χ4v) is 54.9. The van der Waals surface area contributed by atoms with E-state index in [1.54, 1.807) is 36.4 Å². The molecule has 2 heterocycles. The second kappa shape index (κ2) is 44.3. The van der Waals surface area contributed by atoms with Crippen LogP contribution in [-0.2, 0) is 12.8 Å². The van der Waals surface area contributed by atoms with E-state index >= 15 is 0 Å². The first-order valence-corrected chi connectivity index (χ1v) is 48.3. The summed E-state index contributed by atoms with van der Waals surface area (Å²) in [6.45, 7) is 19.5. The van der Waals surface area contributed by atoms with E-state index in [0.717, 1.165) is 0 Å². The van der Waals surface area contributed by atoms with Gasteiger partial charge in [0.2, 0.25) is 0 Å². The maximum absolute atomic E-state index is 2.88. The summed E-state index contributed by atoms with van der Waals surface area (Å²) in [6.07, 6.45) is 60.6. The first kappa shape index (κ1) is 65.1. The third-order valence-corrected chi connectivity index (χ3v) is 56.0. The zero-order valence-electron chi connectivity index (χ0n) is 47.9. The molecule has 4 heteroatoms. The molecule has 0 saturated carbocycles. The fourth-order valence-electron chi connectivity index (χ4n) is 11.9. The van der Waals surface area contributed by atoms with Crippen LogP contribution in [0, 0.1) is 0 Å². The average molecular weight is 1190 g/mol. The first-order chi connectivity index (χ1) is 33.4. The van der Waals surface area contributed by atoms with Gasteiger partial charge in [0.15, 0.2) is 0 Å². The molecule has 0 saturated heterocycles. The molecule has 0 atom stereocenters. The molecule has 0 N–H and O–H groups in total. The van der Waals surface area contributed by atoms with Crippen LogP contribution < -0.4 is 5.79 Å². The van der Waals surface area contributed by atoms with Gasteiger partial charge in [0, 0.05) is 0 Å². The van der Waals surface area contributed by atoms with E-state index in [4.69, 9.17) is 0 Å². The van der Waals surface area contributed by atoms with Crippen molar-refractivity contribution in [2.24, 2.45) is 0 Å². The van der Waals surface area contributed by atoms with Gasteiger partial charge in [-0.2, -0.15) is 0 Å². The number of thiophene rings is 2. The minimum atomic E-state index is -2.63. The Balaban J connectivity index is 2.38. The molecule has 0 nitrogen and oxygen atoms in total. The van der Waals surface area contributed by atoms with Crippen molar-refractivity contribution in [3.63, 3.8) is 0 Å². The molecule has 68 heavy (non-hydrogen) atoms. The van der Waals surface area contributed by atoms with Gasteiger partial charge in [-0.15, -0.1) is 0 Å². The number of unbranched alkanes of at least 4 members (excludes halogenated alkanes) is 32. The van der Waals surface area contributed by atoms with Crippen molar-refractivity contribution in [3.8, 4) is 9.75 Å². The van der Waals surface area contributed by atoms with Crippen molar-refractivity contribution in [2.75, 3.05) is 0 Å². The Morgan fingerprint density at radius 1 is 0.250 bits per heavy atom. The summed E-state index contributed by atoms with van der Waals surface area (Å²) in [5.74, 6) is 0. The van der Waals surface area contributed by atoms with Crippen molar-refractivity contribution in [3.05, 3.63) is 23.3 Å². The molecule has 2 aromatic rings. The zero-order valence-corrected chi connectivity index (χ0v) is 55.3. The average Bonchev–Trinajstić information content (AvgIpc) is 3.99. The van der Waals surface area contributed by atoms with E-state index in [0.29, 0.717) is 0 Å². The van der Waals surface area contributed by atoms with Crippen LogP contribution >= 0.6 is 22.7 Å². The van der Waals surface area contributed by atoms with Crippen LogP contribution in [0.1, 0.15) is 323 Å². The van der Waals surface area contributed by atoms with Gasteiger partial charge < -0.3 is 0 Å². The summed E-state index contributed by atoms with van der Waals surface area (Å²) in [4.78, 5) is 3.46. The maximum atomic E-state index is 2.88. The van der Waals surface area contributed by atoms with Crippen molar-refractivity contribution >= 4 is 65.2 Å². The Bertz CT molecular complexity index is 1240. The molecule has 0 aliphatic heterocycles. The van der Waals surface area contributed by atoms with E-state index in [2.05, 4.69) is 96.0 Å². The summed E-state index contributed by atoms with van der Waals surface area (Å²) < 4.78 is 13.8. The summed E-state index contributed by atoms with van der Waals surface area (Å²) >= 11 is -0.419. The van der Waals surface area contributed by atoms with E-state index < -0.39 is 36.8 Å². The van der Waals surface area contributed by atoms with Gasteiger partial charge >= 0.3 is 372 Å². The second-order valence-electron chi connectivity index (χ2n) is 22.8. The molecule has 2 aromatic heterocycles. The third kappa shape index (κ3) is 27.5. The van der Waals surface area contributed by atoms with Crippen LogP contribution in [0.4, 0.5) is 0 Å². The summed E-state index contributed by atoms with van der Waals surface area (Å²) in [5.41, 5.74) is 3.76. The Kier molecular flexibility index (Phi) is 42.4. The van der Waals surface area contributed by atoms with Crippen molar-refractivity contribution in [2.45, 2.75) is 352 Å². The second-order valence-corrected chi connectivity index (χ2v) is 53.0. The molecule has 0 aromatic carbocycles. The molecule has 0 bridgehead atoms. The molecule has 0 aliphatic carbocycles. The topological polar surface area (TPSA) is 0 Å². The first-order valence-electron chi connectivity index (χ1n) is 31.7. The Morgan fingerprint density at radius 3 is 0.647 bits per heavy atom. The number of hydrogen-bond donors (Lipinski definition) is 0. The molecule has 0 spiro atoms. The Hall–Kier alpha value is 0.997. The summed E-state index contributed by atoms with van der Waals surface area (Å²) in [7, 11) is 0. The number of aryl methyl sites for hydroxylation is 2. The van der Waals surface area contributed by atoms with E-state index in [-0.39, 0.29) is 0 Å². The van der Waals surface area contributed by atoms with Gasteiger partial charge in [-0.1, -0.05) is 78.1 Å². The van der Waals surface area contributed by atoms with E-state index in [9.17, 15) is 0 Å². The van der Waals surface area contributed by atoms with Crippen LogP contribution in [0.2, 0.25) is 26.6 Å². The van der Waals surface area contributed by atoms with E-state index in [1.165, 1.54) is 270 Å². The number of rotatable bonds is 51. The van der Waals surface area contributed by atoms with E-state index in [1.807, 2.05) is 11.1 Å². The Labute approximate surface area is 445 Å². The standard InChI is InChI=1S/C40H68S2.6C4H9.2Sn/c1-3-5-7-9-11-13-15-17-19-21-23-25-27-29-31-37-33-39(41-35-37)40-34-38(36-42-40)32-30-28-26-24-22-20-18-16-14-12-10-8-6-4-2;6*1-3-4-2;;/h33-34H,3-32H2,1-2H3;6*1,3-4H2,2H3;;. The molecule has 2 rings (SSSR count). The fraction of sp³-hybridized carbons (Fsp3) is 0.875. The molecule has 0 fully saturated rings. The van der Waals surface area contributed by atoms with Gasteiger partial charge in [0.1, 0.15) is 0 Å². The normalized spacial score (nSPS) is 12.3. The van der Waals surface area contributed by atoms with Gasteiger partial charge in [-0.25, -0.2) is 0 Å². The van der Waals surface area contributed by atoms with Crippen LogP contribution in [0.3, 0.4) is 0 Å². The molecule has 0 unspecified atom stereocenters. The third-order valence-electron chi connectivity index (χ3n) is 16.5. The summed E-state index contributed by atoms with van der Waals surface area (Å²) in [5, 5.41) is 0. The van der Waals surface area contributed by atoms with Crippen LogP contribution in [0.5, 0.6) is 0 Å². The van der Waals surface area contributed by atoms with Crippen LogP contribution in [0.15, 0.2) is 12.1 Å². The molecular weight excluding hydrogens is 1070 g/mol. The van der Waals surface area contributed by atoms with Gasteiger partial charge in [-0.3, -0.25) is 0 Å². The van der Waals surface area contributed by atoms with Crippen molar-refractivity contribution in [1.29, 1.82) is 0 Å². The van der Waals surface area contributed by atoms with Crippen molar-refractivity contribution in [1.82, 2.24) is 0 Å². The quantitative estimate of drug-likeness (QED) is 0.0457. The van der Waals surface area contributed by atoms with Crippen LogP contribution in [0.25, 0.3) is 9.75 Å². The van der Waals surface area contributed by atoms with Gasteiger partial charge in [0.25, 0.3) is 0 Å². The summed E-state index contributed by atoms with van der Waals surface area (Å²) in [6, 6.07) is 5.76. The molecule has 0 amide bonds. The molecule has 0 aliphatic rings.